The summed E-state index contributed by atoms with van der Waals surface area (Å²) >= 11 is 0. The van der Waals surface area contributed by atoms with Gasteiger partial charge < -0.3 is 13.7 Å². The average Bonchev–Trinajstić information content (AvgIpc) is 3.39. The van der Waals surface area contributed by atoms with Crippen molar-refractivity contribution in [3.63, 3.8) is 0 Å². The first kappa shape index (κ1) is 16.7. The summed E-state index contributed by atoms with van der Waals surface area (Å²) < 4.78 is 42.1. The highest BCUT2D eigenvalue weighted by atomic mass is 19.1. The number of aromatic amines is 1. The van der Waals surface area contributed by atoms with Crippen LogP contribution in [0, 0.1) is 11.6 Å². The summed E-state index contributed by atoms with van der Waals surface area (Å²) in [7, 11) is 0. The van der Waals surface area contributed by atoms with Crippen LogP contribution in [-0.2, 0) is 11.3 Å². The van der Waals surface area contributed by atoms with Crippen molar-refractivity contribution in [3.8, 4) is 22.8 Å². The quantitative estimate of drug-likeness (QED) is 0.534. The first-order valence-corrected chi connectivity index (χ1v) is 7.77. The van der Waals surface area contributed by atoms with Gasteiger partial charge in [0, 0.05) is 18.2 Å². The minimum atomic E-state index is -0.780. The van der Waals surface area contributed by atoms with Crippen molar-refractivity contribution >= 4 is 5.97 Å². The summed E-state index contributed by atoms with van der Waals surface area (Å²) in [5.74, 6) is -1.53. The number of nitrogens with one attached hydrogen (secondary N) is 1. The molecule has 3 aromatic heterocycles. The van der Waals surface area contributed by atoms with Crippen LogP contribution >= 0.6 is 0 Å². The Morgan fingerprint density at radius 1 is 1.15 bits per heavy atom. The van der Waals surface area contributed by atoms with E-state index in [1.165, 1.54) is 24.5 Å². The number of nitrogens with zero attached hydrogens (tertiary/aromatic N) is 2. The van der Waals surface area contributed by atoms with E-state index in [2.05, 4.69) is 15.4 Å². The van der Waals surface area contributed by atoms with E-state index in [1.807, 2.05) is 0 Å². The van der Waals surface area contributed by atoms with Crippen molar-refractivity contribution in [2.45, 2.75) is 6.61 Å². The molecule has 27 heavy (non-hydrogen) atoms. The lowest BCUT2D eigenvalue weighted by atomic mass is 10.1. The Morgan fingerprint density at radius 2 is 2.04 bits per heavy atom. The molecule has 0 radical (unpaired) electrons. The van der Waals surface area contributed by atoms with E-state index in [-0.39, 0.29) is 29.3 Å². The normalized spacial score (nSPS) is 10.9. The van der Waals surface area contributed by atoms with Crippen molar-refractivity contribution in [1.82, 2.24) is 15.4 Å². The van der Waals surface area contributed by atoms with Gasteiger partial charge in [0.1, 0.15) is 35.3 Å². The van der Waals surface area contributed by atoms with Crippen molar-refractivity contribution in [1.29, 1.82) is 0 Å². The number of benzene rings is 1. The molecule has 0 saturated carbocycles. The summed E-state index contributed by atoms with van der Waals surface area (Å²) in [6, 6.07) is 9.39. The van der Waals surface area contributed by atoms with Crippen LogP contribution in [0.4, 0.5) is 8.78 Å². The third-order valence-corrected chi connectivity index (χ3v) is 3.68. The van der Waals surface area contributed by atoms with Gasteiger partial charge in [-0.3, -0.25) is 5.10 Å². The Kier molecular flexibility index (Phi) is 4.25. The maximum atomic E-state index is 13.8. The fourth-order valence-corrected chi connectivity index (χ4v) is 2.39. The van der Waals surface area contributed by atoms with Crippen molar-refractivity contribution in [2.24, 2.45) is 0 Å². The number of ether oxygens (including phenoxy) is 1. The number of hydrogen-bond acceptors (Lipinski definition) is 6. The lowest BCUT2D eigenvalue weighted by Crippen LogP contribution is -2.05. The highest BCUT2D eigenvalue weighted by molar-refractivity contribution is 5.88. The predicted molar refractivity (Wildman–Crippen MR) is 87.3 cm³/mol. The number of furan rings is 1. The van der Waals surface area contributed by atoms with E-state index in [0.717, 1.165) is 12.1 Å². The molecule has 0 fully saturated rings. The van der Waals surface area contributed by atoms with Crippen LogP contribution in [0.25, 0.3) is 22.8 Å². The second kappa shape index (κ2) is 6.87. The van der Waals surface area contributed by atoms with Gasteiger partial charge in [-0.05, 0) is 24.3 Å². The lowest BCUT2D eigenvalue weighted by Gasteiger charge is -1.99. The average molecular weight is 371 g/mol. The van der Waals surface area contributed by atoms with E-state index in [0.29, 0.717) is 11.5 Å². The zero-order chi connectivity index (χ0) is 18.8. The lowest BCUT2D eigenvalue weighted by molar-refractivity contribution is 0.0457. The Balaban J connectivity index is 1.42. The molecule has 0 aliphatic heterocycles. The summed E-state index contributed by atoms with van der Waals surface area (Å²) in [6.07, 6.45) is 1.49. The molecule has 1 aromatic carbocycles. The minimum Gasteiger partial charge on any atom is -0.463 e. The van der Waals surface area contributed by atoms with Crippen LogP contribution in [0.5, 0.6) is 0 Å². The third kappa shape index (κ3) is 3.47. The first-order chi connectivity index (χ1) is 13.1. The van der Waals surface area contributed by atoms with Gasteiger partial charge >= 0.3 is 5.97 Å². The number of rotatable bonds is 5. The molecule has 136 valence electrons. The monoisotopic (exact) mass is 371 g/mol. The summed E-state index contributed by atoms with van der Waals surface area (Å²) in [6.45, 7) is -0.194. The standard InChI is InChI=1S/C18H11F2N3O4/c19-10-3-4-12(13(20)6-10)17-7-11(23-27-17)9-26-18(24)15-8-14(21-22-15)16-2-1-5-25-16/h1-8H,9H2,(H,21,22). The number of carbonyl (C=O) groups excluding carboxylic acids is 1. The first-order valence-electron chi connectivity index (χ1n) is 7.77. The number of hydrogen-bond donors (Lipinski definition) is 1. The minimum absolute atomic E-state index is 0.0538. The summed E-state index contributed by atoms with van der Waals surface area (Å²) in [5.41, 5.74) is 0.920. The van der Waals surface area contributed by atoms with Gasteiger partial charge in [0.2, 0.25) is 0 Å². The van der Waals surface area contributed by atoms with Crippen molar-refractivity contribution in [2.75, 3.05) is 0 Å². The van der Waals surface area contributed by atoms with Gasteiger partial charge in [-0.15, -0.1) is 0 Å². The molecule has 7 nitrogen and oxygen atoms in total. The highest BCUT2D eigenvalue weighted by Gasteiger charge is 2.16. The largest absolute Gasteiger partial charge is 0.463 e. The highest BCUT2D eigenvalue weighted by Crippen LogP contribution is 2.24. The molecule has 0 amide bonds. The Labute approximate surface area is 150 Å². The molecule has 0 unspecified atom stereocenters. The topological polar surface area (TPSA) is 94.2 Å². The number of H-pyrrole nitrogens is 1. The maximum absolute atomic E-state index is 13.8. The molecule has 4 aromatic rings. The van der Waals surface area contributed by atoms with Gasteiger partial charge in [0.25, 0.3) is 0 Å². The molecule has 0 aliphatic carbocycles. The summed E-state index contributed by atoms with van der Waals surface area (Å²) in [4.78, 5) is 12.1. The van der Waals surface area contributed by atoms with E-state index in [9.17, 15) is 13.6 Å². The van der Waals surface area contributed by atoms with Crippen LogP contribution in [-0.4, -0.2) is 21.3 Å². The van der Waals surface area contributed by atoms with Gasteiger partial charge in [-0.2, -0.15) is 5.10 Å². The number of aromatic nitrogens is 3. The number of carbonyl (C=O) groups is 1. The molecule has 3 heterocycles. The number of halogens is 2. The van der Waals surface area contributed by atoms with Crippen LogP contribution in [0.15, 0.2) is 57.7 Å². The van der Waals surface area contributed by atoms with E-state index < -0.39 is 17.6 Å². The molecular weight excluding hydrogens is 360 g/mol. The Bertz CT molecular complexity index is 1090. The molecule has 9 heteroatoms. The van der Waals surface area contributed by atoms with E-state index in [1.54, 1.807) is 12.1 Å². The van der Waals surface area contributed by atoms with Crippen molar-refractivity contribution < 1.29 is 27.3 Å². The van der Waals surface area contributed by atoms with E-state index >= 15 is 0 Å². The van der Waals surface area contributed by atoms with Crippen LogP contribution in [0.3, 0.4) is 0 Å². The van der Waals surface area contributed by atoms with Gasteiger partial charge in [0.15, 0.2) is 11.5 Å². The second-order valence-electron chi connectivity index (χ2n) is 5.53. The zero-order valence-corrected chi connectivity index (χ0v) is 13.6. The maximum Gasteiger partial charge on any atom is 0.356 e. The second-order valence-corrected chi connectivity index (χ2v) is 5.53. The molecule has 0 spiro atoms. The third-order valence-electron chi connectivity index (χ3n) is 3.68. The Morgan fingerprint density at radius 3 is 2.81 bits per heavy atom. The molecule has 0 saturated heterocycles. The molecular formula is C18H11F2N3O4. The smallest absolute Gasteiger partial charge is 0.356 e. The zero-order valence-electron chi connectivity index (χ0n) is 13.6. The van der Waals surface area contributed by atoms with Gasteiger partial charge in [-0.25, -0.2) is 13.6 Å². The fraction of sp³-hybridized carbons (Fsp3) is 0.0556. The predicted octanol–water partition coefficient (Wildman–Crippen LogP) is 3.96. The van der Waals surface area contributed by atoms with Crippen LogP contribution < -0.4 is 0 Å². The van der Waals surface area contributed by atoms with Gasteiger partial charge in [0.05, 0.1) is 11.8 Å². The molecule has 0 bridgehead atoms. The van der Waals surface area contributed by atoms with Gasteiger partial charge in [-0.1, -0.05) is 5.16 Å². The summed E-state index contributed by atoms with van der Waals surface area (Å²) in [5, 5.41) is 10.2. The fourth-order valence-electron chi connectivity index (χ4n) is 2.39. The SMILES string of the molecule is O=C(OCc1cc(-c2ccc(F)cc2F)on1)c1cc(-c2ccco2)n[nH]1. The van der Waals surface area contributed by atoms with Crippen LogP contribution in [0.1, 0.15) is 16.2 Å². The van der Waals surface area contributed by atoms with Crippen molar-refractivity contribution in [3.05, 3.63) is 71.8 Å². The molecule has 0 atom stereocenters. The molecule has 4 rings (SSSR count). The number of esters is 1. The molecule has 1 N–H and O–H groups in total. The Hall–Kier alpha value is -3.75. The molecule has 0 aliphatic rings. The van der Waals surface area contributed by atoms with Crippen LogP contribution in [0.2, 0.25) is 0 Å². The van der Waals surface area contributed by atoms with E-state index in [4.69, 9.17) is 13.7 Å².